The van der Waals surface area contributed by atoms with E-state index in [1.807, 2.05) is 40.7 Å². The number of carbonyl (C=O) groups is 2. The molecular formula is C29H46N2O6. The second kappa shape index (κ2) is 18.5. The maximum Gasteiger partial charge on any atom is 0.261 e. The summed E-state index contributed by atoms with van der Waals surface area (Å²) in [5.41, 5.74) is 1.54. The fourth-order valence-corrected chi connectivity index (χ4v) is 3.88. The summed E-state index contributed by atoms with van der Waals surface area (Å²) >= 11 is 0. The lowest BCUT2D eigenvalue weighted by molar-refractivity contribution is -0.138. The third-order valence-electron chi connectivity index (χ3n) is 5.76. The molecule has 208 valence electrons. The smallest absolute Gasteiger partial charge is 0.261 e. The van der Waals surface area contributed by atoms with Gasteiger partial charge in [0.2, 0.25) is 0 Å². The lowest BCUT2D eigenvalue weighted by Crippen LogP contribution is -2.37. The summed E-state index contributed by atoms with van der Waals surface area (Å²) in [4.78, 5) is 29.9. The SMILES string of the molecule is CC.CC.CC/C=C\C1=C(COCCCN2CCOCC2)C(=O)N(Cc2ccc(OC)cc2OC)C1=O. The van der Waals surface area contributed by atoms with Crippen molar-refractivity contribution in [1.82, 2.24) is 9.80 Å². The topological polar surface area (TPSA) is 77.5 Å². The molecule has 2 aliphatic rings. The summed E-state index contributed by atoms with van der Waals surface area (Å²) in [6.45, 7) is 15.1. The molecule has 1 aromatic rings. The molecule has 3 rings (SSSR count). The van der Waals surface area contributed by atoms with Gasteiger partial charge in [-0.1, -0.05) is 46.8 Å². The quantitative estimate of drug-likeness (QED) is 0.295. The minimum Gasteiger partial charge on any atom is -0.497 e. The monoisotopic (exact) mass is 518 g/mol. The minimum atomic E-state index is -0.318. The lowest BCUT2D eigenvalue weighted by atomic mass is 10.1. The van der Waals surface area contributed by atoms with Gasteiger partial charge in [0.15, 0.2) is 0 Å². The predicted molar refractivity (Wildman–Crippen MR) is 147 cm³/mol. The van der Waals surface area contributed by atoms with Crippen molar-refractivity contribution < 1.29 is 28.5 Å². The third kappa shape index (κ3) is 9.61. The van der Waals surface area contributed by atoms with E-state index in [2.05, 4.69) is 4.90 Å². The van der Waals surface area contributed by atoms with Crippen LogP contribution in [-0.2, 0) is 25.6 Å². The highest BCUT2D eigenvalue weighted by atomic mass is 16.5. The molecule has 0 aliphatic carbocycles. The molecule has 1 aromatic carbocycles. The number of morpholine rings is 1. The lowest BCUT2D eigenvalue weighted by Gasteiger charge is -2.26. The zero-order valence-corrected chi connectivity index (χ0v) is 23.8. The molecule has 0 N–H and O–H groups in total. The molecule has 0 saturated carbocycles. The van der Waals surface area contributed by atoms with Gasteiger partial charge < -0.3 is 18.9 Å². The first-order valence-electron chi connectivity index (χ1n) is 13.4. The molecule has 2 heterocycles. The van der Waals surface area contributed by atoms with Gasteiger partial charge in [-0.3, -0.25) is 19.4 Å². The van der Waals surface area contributed by atoms with Gasteiger partial charge in [-0.25, -0.2) is 0 Å². The van der Waals surface area contributed by atoms with E-state index >= 15 is 0 Å². The van der Waals surface area contributed by atoms with Crippen LogP contribution in [0.2, 0.25) is 0 Å². The zero-order valence-electron chi connectivity index (χ0n) is 23.8. The summed E-state index contributed by atoms with van der Waals surface area (Å²) in [5.74, 6) is 0.579. The predicted octanol–water partition coefficient (Wildman–Crippen LogP) is 4.63. The van der Waals surface area contributed by atoms with Crippen molar-refractivity contribution in [3.05, 3.63) is 47.1 Å². The fourth-order valence-electron chi connectivity index (χ4n) is 3.88. The van der Waals surface area contributed by atoms with Gasteiger partial charge in [0, 0.05) is 37.9 Å². The maximum absolute atomic E-state index is 13.2. The van der Waals surface area contributed by atoms with Gasteiger partial charge in [-0.15, -0.1) is 0 Å². The Morgan fingerprint density at radius 1 is 1.00 bits per heavy atom. The summed E-state index contributed by atoms with van der Waals surface area (Å²) in [6, 6.07) is 5.33. The molecule has 0 spiro atoms. The van der Waals surface area contributed by atoms with Gasteiger partial charge in [-0.2, -0.15) is 0 Å². The van der Waals surface area contributed by atoms with Gasteiger partial charge in [-0.05, 0) is 25.0 Å². The summed E-state index contributed by atoms with van der Waals surface area (Å²) < 4.78 is 21.9. The number of rotatable bonds is 12. The van der Waals surface area contributed by atoms with Crippen molar-refractivity contribution in [2.45, 2.75) is 54.0 Å². The molecule has 0 aromatic heterocycles. The van der Waals surface area contributed by atoms with Crippen LogP contribution in [0.5, 0.6) is 11.5 Å². The van der Waals surface area contributed by atoms with E-state index in [-0.39, 0.29) is 25.0 Å². The second-order valence-electron chi connectivity index (χ2n) is 7.94. The molecule has 8 nitrogen and oxygen atoms in total. The zero-order chi connectivity index (χ0) is 27.6. The van der Waals surface area contributed by atoms with Crippen LogP contribution in [0.25, 0.3) is 0 Å². The van der Waals surface area contributed by atoms with Crippen LogP contribution in [0.4, 0.5) is 0 Å². The average Bonchev–Trinajstić information content (AvgIpc) is 3.18. The highest BCUT2D eigenvalue weighted by molar-refractivity contribution is 6.20. The van der Waals surface area contributed by atoms with Crippen molar-refractivity contribution in [3.8, 4) is 11.5 Å². The number of benzene rings is 1. The number of amides is 2. The largest absolute Gasteiger partial charge is 0.497 e. The molecule has 2 amide bonds. The molecule has 0 bridgehead atoms. The van der Waals surface area contributed by atoms with E-state index in [4.69, 9.17) is 18.9 Å². The normalized spacial score (nSPS) is 15.9. The molecule has 2 aliphatic heterocycles. The molecule has 37 heavy (non-hydrogen) atoms. The molecule has 0 radical (unpaired) electrons. The van der Waals surface area contributed by atoms with Crippen LogP contribution in [0, 0.1) is 0 Å². The van der Waals surface area contributed by atoms with Crippen molar-refractivity contribution >= 4 is 11.8 Å². The number of allylic oxidation sites excluding steroid dienone is 1. The summed E-state index contributed by atoms with van der Waals surface area (Å²) in [6.07, 6.45) is 5.25. The highest BCUT2D eigenvalue weighted by Crippen LogP contribution is 2.29. The Bertz CT molecular complexity index is 890. The first kappa shape index (κ1) is 32.3. The van der Waals surface area contributed by atoms with E-state index in [0.717, 1.165) is 51.3 Å². The standard InChI is InChI=1S/C25H34N2O6.2C2H6/c1-4-5-7-21-22(18-33-13-6-10-26-11-14-32-15-12-26)25(29)27(24(21)28)17-19-8-9-20(30-2)16-23(19)31-3;2*1-2/h5,7-9,16H,4,6,10-15,17-18H2,1-3H3;2*1-2H3/b7-5-;;. The maximum atomic E-state index is 13.2. The van der Waals surface area contributed by atoms with Gasteiger partial charge in [0.05, 0.1) is 51.7 Å². The van der Waals surface area contributed by atoms with E-state index in [1.165, 1.54) is 4.90 Å². The molecule has 0 unspecified atom stereocenters. The van der Waals surface area contributed by atoms with Gasteiger partial charge >= 0.3 is 0 Å². The van der Waals surface area contributed by atoms with Gasteiger partial charge in [0.25, 0.3) is 11.8 Å². The van der Waals surface area contributed by atoms with Crippen LogP contribution >= 0.6 is 0 Å². The Labute approximate surface area is 223 Å². The minimum absolute atomic E-state index is 0.118. The Hall–Kier alpha value is -2.68. The summed E-state index contributed by atoms with van der Waals surface area (Å²) in [5, 5.41) is 0. The second-order valence-corrected chi connectivity index (χ2v) is 7.94. The van der Waals surface area contributed by atoms with Crippen molar-refractivity contribution in [1.29, 1.82) is 0 Å². The Kier molecular flexibility index (Phi) is 16.2. The Balaban J connectivity index is 0.00000163. The number of carbonyl (C=O) groups excluding carboxylic acids is 2. The van der Waals surface area contributed by atoms with Crippen LogP contribution in [0.1, 0.15) is 53.0 Å². The first-order valence-corrected chi connectivity index (χ1v) is 13.4. The molecule has 0 atom stereocenters. The Morgan fingerprint density at radius 3 is 2.32 bits per heavy atom. The third-order valence-corrected chi connectivity index (χ3v) is 5.76. The number of hydrogen-bond donors (Lipinski definition) is 0. The van der Waals surface area contributed by atoms with E-state index in [9.17, 15) is 9.59 Å². The van der Waals surface area contributed by atoms with Crippen LogP contribution in [0.15, 0.2) is 41.5 Å². The van der Waals surface area contributed by atoms with Crippen molar-refractivity contribution in [2.75, 3.05) is 60.3 Å². The van der Waals surface area contributed by atoms with Crippen LogP contribution in [-0.4, -0.2) is 81.9 Å². The fraction of sp³-hybridized carbons (Fsp3) is 0.586. The van der Waals surface area contributed by atoms with E-state index < -0.39 is 0 Å². The van der Waals surface area contributed by atoms with Crippen molar-refractivity contribution in [3.63, 3.8) is 0 Å². The number of ether oxygens (including phenoxy) is 4. The van der Waals surface area contributed by atoms with Crippen LogP contribution < -0.4 is 9.47 Å². The average molecular weight is 519 g/mol. The number of hydrogen-bond acceptors (Lipinski definition) is 7. The van der Waals surface area contributed by atoms with Crippen LogP contribution in [0.3, 0.4) is 0 Å². The number of nitrogens with zero attached hydrogens (tertiary/aromatic N) is 2. The highest BCUT2D eigenvalue weighted by Gasteiger charge is 2.37. The van der Waals surface area contributed by atoms with Crippen molar-refractivity contribution in [2.24, 2.45) is 0 Å². The molecular weight excluding hydrogens is 472 g/mol. The molecule has 8 heteroatoms. The van der Waals surface area contributed by atoms with E-state index in [1.54, 1.807) is 38.5 Å². The Morgan fingerprint density at radius 2 is 1.70 bits per heavy atom. The van der Waals surface area contributed by atoms with Gasteiger partial charge in [0.1, 0.15) is 11.5 Å². The van der Waals surface area contributed by atoms with E-state index in [0.29, 0.717) is 29.3 Å². The first-order chi connectivity index (χ1) is 18.1. The molecule has 1 saturated heterocycles. The number of methoxy groups -OCH3 is 2. The summed E-state index contributed by atoms with van der Waals surface area (Å²) in [7, 11) is 3.13. The molecule has 1 fully saturated rings. The number of imide groups is 1.